The summed E-state index contributed by atoms with van der Waals surface area (Å²) in [5.41, 5.74) is 4.68. The first-order valence-corrected chi connectivity index (χ1v) is 12.0. The van der Waals surface area contributed by atoms with Gasteiger partial charge >= 0.3 is 0 Å². The number of imidazole rings is 1. The molecule has 0 saturated heterocycles. The molecule has 0 bridgehead atoms. The summed E-state index contributed by atoms with van der Waals surface area (Å²) in [7, 11) is 0. The van der Waals surface area contributed by atoms with Gasteiger partial charge in [-0.25, -0.2) is 9.37 Å². The molecule has 0 spiro atoms. The van der Waals surface area contributed by atoms with Crippen molar-refractivity contribution in [1.82, 2.24) is 35.1 Å². The van der Waals surface area contributed by atoms with Crippen LogP contribution in [0.4, 0.5) is 10.1 Å². The van der Waals surface area contributed by atoms with Crippen LogP contribution in [0.5, 0.6) is 0 Å². The van der Waals surface area contributed by atoms with Gasteiger partial charge in [-0.05, 0) is 42.0 Å². The summed E-state index contributed by atoms with van der Waals surface area (Å²) < 4.78 is 15.2. The molecule has 3 N–H and O–H groups in total. The van der Waals surface area contributed by atoms with Crippen LogP contribution in [-0.4, -0.2) is 41.0 Å². The standard InChI is InChI=1S/C28H23FN8O/c1-28(2,3)27(38)33-17-10-16(13-30-14-17)15-11-18-22(19(29)12-15)36-37-23(18)26-34-21-7-9-32-24(25(21)35-26)20-6-4-5-8-31-20/h4-14H,1-3H3,(H,33,38)(H,34,35)(H,36,37). The van der Waals surface area contributed by atoms with Gasteiger partial charge in [0, 0.05) is 35.0 Å². The van der Waals surface area contributed by atoms with Crippen molar-refractivity contribution in [3.05, 3.63) is 73.1 Å². The Balaban J connectivity index is 1.43. The maximum Gasteiger partial charge on any atom is 0.229 e. The Morgan fingerprint density at radius 2 is 1.84 bits per heavy atom. The molecule has 5 heterocycles. The molecule has 10 heteroatoms. The number of hydrogen-bond acceptors (Lipinski definition) is 6. The highest BCUT2D eigenvalue weighted by molar-refractivity contribution is 5.98. The third-order valence-electron chi connectivity index (χ3n) is 6.17. The number of H-pyrrole nitrogens is 2. The van der Waals surface area contributed by atoms with Crippen LogP contribution in [0.15, 0.2) is 67.3 Å². The number of carbonyl (C=O) groups is 1. The molecule has 5 aromatic heterocycles. The average molecular weight is 507 g/mol. The molecule has 6 aromatic rings. The fraction of sp³-hybridized carbons (Fsp3) is 0.143. The topological polar surface area (TPSA) is 125 Å². The maximum absolute atomic E-state index is 15.2. The summed E-state index contributed by atoms with van der Waals surface area (Å²) in [5.74, 6) is -0.135. The summed E-state index contributed by atoms with van der Waals surface area (Å²) in [6.45, 7) is 5.49. The molecular formula is C28H23FN8O. The van der Waals surface area contributed by atoms with Gasteiger partial charge in [0.2, 0.25) is 5.91 Å². The molecule has 0 saturated carbocycles. The molecule has 1 aromatic carbocycles. The molecule has 9 nitrogen and oxygen atoms in total. The van der Waals surface area contributed by atoms with Crippen molar-refractivity contribution >= 4 is 33.5 Å². The Hall–Kier alpha value is -4.99. The van der Waals surface area contributed by atoms with Crippen LogP contribution in [0, 0.1) is 11.2 Å². The predicted molar refractivity (Wildman–Crippen MR) is 143 cm³/mol. The monoisotopic (exact) mass is 506 g/mol. The number of carbonyl (C=O) groups excluding carboxylic acids is 1. The number of nitrogens with one attached hydrogen (secondary N) is 3. The van der Waals surface area contributed by atoms with Gasteiger partial charge in [0.15, 0.2) is 11.6 Å². The Morgan fingerprint density at radius 3 is 2.63 bits per heavy atom. The lowest BCUT2D eigenvalue weighted by Crippen LogP contribution is -2.27. The minimum atomic E-state index is -0.564. The van der Waals surface area contributed by atoms with Crippen molar-refractivity contribution in [2.45, 2.75) is 20.8 Å². The Kier molecular flexibility index (Phi) is 5.45. The van der Waals surface area contributed by atoms with E-state index in [0.717, 1.165) is 5.52 Å². The van der Waals surface area contributed by atoms with Crippen molar-refractivity contribution in [3.8, 4) is 34.0 Å². The first kappa shape index (κ1) is 23.4. The van der Waals surface area contributed by atoms with Gasteiger partial charge in [-0.3, -0.25) is 24.8 Å². The second kappa shape index (κ2) is 8.84. The Bertz CT molecular complexity index is 1820. The van der Waals surface area contributed by atoms with Crippen molar-refractivity contribution in [2.75, 3.05) is 5.32 Å². The number of aromatic nitrogens is 7. The second-order valence-corrected chi connectivity index (χ2v) is 9.98. The summed E-state index contributed by atoms with van der Waals surface area (Å²) in [4.78, 5) is 33.6. The van der Waals surface area contributed by atoms with E-state index < -0.39 is 11.2 Å². The van der Waals surface area contributed by atoms with E-state index in [0.29, 0.717) is 50.6 Å². The highest BCUT2D eigenvalue weighted by atomic mass is 19.1. The van der Waals surface area contributed by atoms with E-state index >= 15 is 4.39 Å². The third-order valence-corrected chi connectivity index (χ3v) is 6.17. The lowest BCUT2D eigenvalue weighted by molar-refractivity contribution is -0.123. The van der Waals surface area contributed by atoms with Gasteiger partial charge in [-0.2, -0.15) is 5.10 Å². The fourth-order valence-electron chi connectivity index (χ4n) is 4.15. The molecule has 38 heavy (non-hydrogen) atoms. The first-order chi connectivity index (χ1) is 18.3. The van der Waals surface area contributed by atoms with Crippen LogP contribution in [0.2, 0.25) is 0 Å². The molecule has 0 aliphatic heterocycles. The van der Waals surface area contributed by atoms with E-state index in [1.807, 2.05) is 51.1 Å². The number of rotatable bonds is 4. The molecule has 0 fully saturated rings. The molecule has 6 rings (SSSR count). The Labute approximate surface area is 216 Å². The van der Waals surface area contributed by atoms with Gasteiger partial charge < -0.3 is 10.3 Å². The smallest absolute Gasteiger partial charge is 0.229 e. The van der Waals surface area contributed by atoms with Crippen LogP contribution >= 0.6 is 0 Å². The highest BCUT2D eigenvalue weighted by Crippen LogP contribution is 2.34. The van der Waals surface area contributed by atoms with E-state index in [1.54, 1.807) is 30.9 Å². The number of halogens is 1. The van der Waals surface area contributed by atoms with Crippen molar-refractivity contribution < 1.29 is 9.18 Å². The SMILES string of the molecule is CC(C)(C)C(=O)Nc1cncc(-c2cc(F)c3n[nH]c(-c4nc5c(-c6ccccn6)nccc5[nH]4)c3c2)c1. The lowest BCUT2D eigenvalue weighted by atomic mass is 9.95. The summed E-state index contributed by atoms with van der Waals surface area (Å²) in [5, 5.41) is 10.6. The van der Waals surface area contributed by atoms with Crippen LogP contribution < -0.4 is 5.32 Å². The van der Waals surface area contributed by atoms with Crippen molar-refractivity contribution in [3.63, 3.8) is 0 Å². The molecule has 0 unspecified atom stereocenters. The van der Waals surface area contributed by atoms with Gasteiger partial charge in [-0.1, -0.05) is 26.8 Å². The molecular weight excluding hydrogens is 483 g/mol. The van der Waals surface area contributed by atoms with Crippen molar-refractivity contribution in [2.24, 2.45) is 5.41 Å². The van der Waals surface area contributed by atoms with Crippen LogP contribution in [0.3, 0.4) is 0 Å². The maximum atomic E-state index is 15.2. The number of hydrogen-bond donors (Lipinski definition) is 3. The average Bonchev–Trinajstić information content (AvgIpc) is 3.53. The van der Waals surface area contributed by atoms with Gasteiger partial charge in [0.25, 0.3) is 0 Å². The summed E-state index contributed by atoms with van der Waals surface area (Å²) >= 11 is 0. The van der Waals surface area contributed by atoms with Crippen LogP contribution in [0.1, 0.15) is 20.8 Å². The molecule has 0 aliphatic carbocycles. The minimum absolute atomic E-state index is 0.139. The van der Waals surface area contributed by atoms with E-state index in [1.165, 1.54) is 6.07 Å². The largest absolute Gasteiger partial charge is 0.337 e. The van der Waals surface area contributed by atoms with Gasteiger partial charge in [0.1, 0.15) is 22.4 Å². The van der Waals surface area contributed by atoms with E-state index in [-0.39, 0.29) is 11.4 Å². The molecule has 0 atom stereocenters. The normalized spacial score (nSPS) is 11.8. The number of benzene rings is 1. The number of amides is 1. The van der Waals surface area contributed by atoms with Crippen LogP contribution in [0.25, 0.3) is 56.0 Å². The fourth-order valence-corrected chi connectivity index (χ4v) is 4.15. The quantitative estimate of drug-likeness (QED) is 0.280. The van der Waals surface area contributed by atoms with Crippen LogP contribution in [-0.2, 0) is 4.79 Å². The van der Waals surface area contributed by atoms with E-state index in [4.69, 9.17) is 4.98 Å². The molecule has 1 amide bonds. The zero-order chi connectivity index (χ0) is 26.4. The first-order valence-electron chi connectivity index (χ1n) is 12.0. The molecule has 0 radical (unpaired) electrons. The van der Waals surface area contributed by atoms with Crippen molar-refractivity contribution in [1.29, 1.82) is 0 Å². The number of fused-ring (bicyclic) bond motifs is 2. The summed E-state index contributed by atoms with van der Waals surface area (Å²) in [6.07, 6.45) is 6.58. The zero-order valence-electron chi connectivity index (χ0n) is 20.9. The Morgan fingerprint density at radius 1 is 0.974 bits per heavy atom. The predicted octanol–water partition coefficient (Wildman–Crippen LogP) is 5.75. The summed E-state index contributed by atoms with van der Waals surface area (Å²) in [6, 6.07) is 12.4. The van der Waals surface area contributed by atoms with Gasteiger partial charge in [0.05, 0.1) is 23.1 Å². The molecule has 188 valence electrons. The molecule has 0 aliphatic rings. The second-order valence-electron chi connectivity index (χ2n) is 9.98. The van der Waals surface area contributed by atoms with E-state index in [9.17, 15) is 4.79 Å². The van der Waals surface area contributed by atoms with E-state index in [2.05, 4.69) is 35.5 Å². The lowest BCUT2D eigenvalue weighted by Gasteiger charge is -2.17. The highest BCUT2D eigenvalue weighted by Gasteiger charge is 2.22. The number of nitrogens with zero attached hydrogens (tertiary/aromatic N) is 5. The number of aromatic amines is 2. The number of anilines is 1. The van der Waals surface area contributed by atoms with Gasteiger partial charge in [-0.15, -0.1) is 0 Å². The zero-order valence-corrected chi connectivity index (χ0v) is 20.9. The number of pyridine rings is 3. The minimum Gasteiger partial charge on any atom is -0.337 e. The third kappa shape index (κ3) is 4.15.